The van der Waals surface area contributed by atoms with Crippen LogP contribution in [0.1, 0.15) is 30.2 Å². The number of sulfonamides is 1. The number of nitrogens with one attached hydrogen (secondary N) is 1. The van der Waals surface area contributed by atoms with Crippen molar-refractivity contribution < 1.29 is 12.8 Å². The first-order chi connectivity index (χ1) is 11.1. The second kappa shape index (κ2) is 6.86. The first-order valence-electron chi connectivity index (χ1n) is 7.90. The molecule has 124 valence electrons. The van der Waals surface area contributed by atoms with Crippen LogP contribution in [-0.4, -0.2) is 33.0 Å². The molecule has 0 bridgehead atoms. The predicted octanol–water partition coefficient (Wildman–Crippen LogP) is 2.70. The molecule has 3 rings (SSSR count). The molecule has 1 aromatic heterocycles. The molecular weight excluding hydrogens is 312 g/mol. The highest BCUT2D eigenvalue weighted by Crippen LogP contribution is 2.25. The molecule has 0 spiro atoms. The summed E-state index contributed by atoms with van der Waals surface area (Å²) in [7, 11) is -3.51. The van der Waals surface area contributed by atoms with Gasteiger partial charge in [0.1, 0.15) is 5.76 Å². The highest BCUT2D eigenvalue weighted by molar-refractivity contribution is 7.89. The van der Waals surface area contributed by atoms with Crippen LogP contribution >= 0.6 is 0 Å². The lowest BCUT2D eigenvalue weighted by Crippen LogP contribution is -2.36. The highest BCUT2D eigenvalue weighted by Gasteiger charge is 2.27. The monoisotopic (exact) mass is 334 g/mol. The van der Waals surface area contributed by atoms with E-state index >= 15 is 0 Å². The Kier molecular flexibility index (Phi) is 4.84. The quantitative estimate of drug-likeness (QED) is 0.882. The van der Waals surface area contributed by atoms with E-state index in [2.05, 4.69) is 9.62 Å². The van der Waals surface area contributed by atoms with Crippen molar-refractivity contribution in [2.24, 2.45) is 0 Å². The van der Waals surface area contributed by atoms with Gasteiger partial charge in [-0.15, -0.1) is 0 Å². The molecule has 0 amide bonds. The molecule has 0 saturated carbocycles. The molecule has 1 atom stereocenters. The van der Waals surface area contributed by atoms with E-state index in [0.29, 0.717) is 11.4 Å². The van der Waals surface area contributed by atoms with Gasteiger partial charge in [0.25, 0.3) is 0 Å². The molecule has 1 fully saturated rings. The molecule has 0 unspecified atom stereocenters. The zero-order chi connectivity index (χ0) is 16.3. The maximum Gasteiger partial charge on any atom is 0.240 e. The number of nitrogens with zero attached hydrogens (tertiary/aromatic N) is 1. The van der Waals surface area contributed by atoms with Gasteiger partial charge in [-0.2, -0.15) is 0 Å². The van der Waals surface area contributed by atoms with Crippen LogP contribution in [0, 0.1) is 6.92 Å². The number of benzene rings is 1. The van der Waals surface area contributed by atoms with Crippen molar-refractivity contribution in [1.29, 1.82) is 0 Å². The van der Waals surface area contributed by atoms with Crippen LogP contribution in [0.15, 0.2) is 52.0 Å². The van der Waals surface area contributed by atoms with Crippen molar-refractivity contribution in [1.82, 2.24) is 9.62 Å². The van der Waals surface area contributed by atoms with Gasteiger partial charge in [-0.3, -0.25) is 4.90 Å². The van der Waals surface area contributed by atoms with Gasteiger partial charge < -0.3 is 4.42 Å². The largest absolute Gasteiger partial charge is 0.468 e. The van der Waals surface area contributed by atoms with Crippen molar-refractivity contribution in [2.45, 2.75) is 30.7 Å². The molecule has 2 aromatic rings. The Balaban J connectivity index is 1.74. The van der Waals surface area contributed by atoms with Crippen LogP contribution in [-0.2, 0) is 10.0 Å². The summed E-state index contributed by atoms with van der Waals surface area (Å²) in [5, 5.41) is 0. The average Bonchev–Trinajstić information content (AvgIpc) is 3.21. The van der Waals surface area contributed by atoms with E-state index in [9.17, 15) is 8.42 Å². The topological polar surface area (TPSA) is 62.6 Å². The average molecular weight is 334 g/mol. The molecule has 5 nitrogen and oxygen atoms in total. The van der Waals surface area contributed by atoms with Gasteiger partial charge in [0, 0.05) is 6.54 Å². The molecule has 6 heteroatoms. The van der Waals surface area contributed by atoms with Crippen LogP contribution in [0.5, 0.6) is 0 Å². The first-order valence-corrected chi connectivity index (χ1v) is 9.38. The number of hydrogen-bond acceptors (Lipinski definition) is 4. The van der Waals surface area contributed by atoms with E-state index in [4.69, 9.17) is 4.42 Å². The highest BCUT2D eigenvalue weighted by atomic mass is 32.2. The molecule has 23 heavy (non-hydrogen) atoms. The maximum atomic E-state index is 12.5. The molecule has 1 saturated heterocycles. The minimum atomic E-state index is -3.51. The third-order valence-electron chi connectivity index (χ3n) is 4.25. The molecule has 0 aliphatic carbocycles. The summed E-state index contributed by atoms with van der Waals surface area (Å²) in [6.07, 6.45) is 3.91. The number of hydrogen-bond donors (Lipinski definition) is 1. The van der Waals surface area contributed by atoms with Crippen LogP contribution < -0.4 is 4.72 Å². The van der Waals surface area contributed by atoms with E-state index in [-0.39, 0.29) is 6.04 Å². The molecule has 1 aliphatic heterocycles. The first kappa shape index (κ1) is 16.2. The molecule has 1 N–H and O–H groups in total. The fourth-order valence-electron chi connectivity index (χ4n) is 2.93. The standard InChI is InChI=1S/C17H22N2O3S/c1-14-6-8-15(9-7-14)23(20,21)18-13-16(17-5-4-12-22-17)19-10-2-3-11-19/h4-9,12,16,18H,2-3,10-11,13H2,1H3/t16-/m0/s1. The minimum absolute atomic E-state index is 0.0623. The Bertz CT molecular complexity index is 718. The van der Waals surface area contributed by atoms with Crippen molar-refractivity contribution in [3.63, 3.8) is 0 Å². The molecule has 1 aromatic carbocycles. The van der Waals surface area contributed by atoms with Crippen LogP contribution in [0.25, 0.3) is 0 Å². The van der Waals surface area contributed by atoms with Gasteiger partial charge in [-0.1, -0.05) is 17.7 Å². The summed E-state index contributed by atoms with van der Waals surface area (Å²) in [6.45, 7) is 4.18. The van der Waals surface area contributed by atoms with Gasteiger partial charge in [0.05, 0.1) is 17.2 Å². The molecule has 2 heterocycles. The lowest BCUT2D eigenvalue weighted by molar-refractivity contribution is 0.216. The van der Waals surface area contributed by atoms with Crippen molar-refractivity contribution in [3.05, 3.63) is 54.0 Å². The smallest absolute Gasteiger partial charge is 0.240 e. The van der Waals surface area contributed by atoms with Gasteiger partial charge in [-0.05, 0) is 57.1 Å². The molecule has 1 aliphatic rings. The Morgan fingerprint density at radius 3 is 2.48 bits per heavy atom. The Morgan fingerprint density at radius 2 is 1.87 bits per heavy atom. The Hall–Kier alpha value is -1.63. The third-order valence-corrected chi connectivity index (χ3v) is 5.69. The summed E-state index contributed by atoms with van der Waals surface area (Å²) in [4.78, 5) is 2.57. The molecule has 0 radical (unpaired) electrons. The van der Waals surface area contributed by atoms with Gasteiger partial charge in [-0.25, -0.2) is 13.1 Å². The van der Waals surface area contributed by atoms with E-state index < -0.39 is 10.0 Å². The predicted molar refractivity (Wildman–Crippen MR) is 88.6 cm³/mol. The van der Waals surface area contributed by atoms with E-state index in [1.54, 1.807) is 30.5 Å². The van der Waals surface area contributed by atoms with E-state index in [1.165, 1.54) is 0 Å². The fraction of sp³-hybridized carbons (Fsp3) is 0.412. The second-order valence-corrected chi connectivity index (χ2v) is 7.71. The zero-order valence-electron chi connectivity index (χ0n) is 13.2. The maximum absolute atomic E-state index is 12.5. The number of likely N-dealkylation sites (tertiary alicyclic amines) is 1. The lowest BCUT2D eigenvalue weighted by Gasteiger charge is -2.25. The van der Waals surface area contributed by atoms with Gasteiger partial charge in [0.2, 0.25) is 10.0 Å². The van der Waals surface area contributed by atoms with Crippen molar-refractivity contribution in [3.8, 4) is 0 Å². The van der Waals surface area contributed by atoms with Crippen LogP contribution in [0.3, 0.4) is 0 Å². The van der Waals surface area contributed by atoms with Crippen molar-refractivity contribution in [2.75, 3.05) is 19.6 Å². The minimum Gasteiger partial charge on any atom is -0.468 e. The Labute approximate surface area is 137 Å². The number of rotatable bonds is 6. The third kappa shape index (κ3) is 3.83. The van der Waals surface area contributed by atoms with E-state index in [0.717, 1.165) is 37.3 Å². The summed E-state index contributed by atoms with van der Waals surface area (Å²) in [5.41, 5.74) is 1.04. The second-order valence-electron chi connectivity index (χ2n) is 5.94. The molecular formula is C17H22N2O3S. The SMILES string of the molecule is Cc1ccc(S(=O)(=O)NC[C@@H](c2ccco2)N2CCCC2)cc1. The number of furan rings is 1. The number of aryl methyl sites for hydroxylation is 1. The van der Waals surface area contributed by atoms with E-state index in [1.807, 2.05) is 19.1 Å². The normalized spacial score (nSPS) is 17.4. The summed E-state index contributed by atoms with van der Waals surface area (Å²) in [5.74, 6) is 0.804. The fourth-order valence-corrected chi connectivity index (χ4v) is 3.97. The Morgan fingerprint density at radius 1 is 1.17 bits per heavy atom. The van der Waals surface area contributed by atoms with Gasteiger partial charge in [0.15, 0.2) is 0 Å². The zero-order valence-corrected chi connectivity index (χ0v) is 14.1. The van der Waals surface area contributed by atoms with Crippen LogP contribution in [0.2, 0.25) is 0 Å². The summed E-state index contributed by atoms with van der Waals surface area (Å²) >= 11 is 0. The van der Waals surface area contributed by atoms with Crippen LogP contribution in [0.4, 0.5) is 0 Å². The summed E-state index contributed by atoms with van der Waals surface area (Å²) < 4.78 is 33.2. The van der Waals surface area contributed by atoms with Crippen molar-refractivity contribution >= 4 is 10.0 Å². The van der Waals surface area contributed by atoms with Gasteiger partial charge >= 0.3 is 0 Å². The summed E-state index contributed by atoms with van der Waals surface area (Å²) in [6, 6.07) is 10.6. The lowest BCUT2D eigenvalue weighted by atomic mass is 10.2.